The van der Waals surface area contributed by atoms with Crippen LogP contribution in [-0.2, 0) is 11.2 Å². The van der Waals surface area contributed by atoms with Crippen molar-refractivity contribution in [2.45, 2.75) is 26.2 Å². The van der Waals surface area contributed by atoms with E-state index in [4.69, 9.17) is 0 Å². The summed E-state index contributed by atoms with van der Waals surface area (Å²) in [5.41, 5.74) is 0. The molecular weight excluding hydrogens is 284 g/mol. The second-order valence-corrected chi connectivity index (χ2v) is 6.50. The molecule has 1 aliphatic rings. The largest absolute Gasteiger partial charge is 0.357 e. The lowest BCUT2D eigenvalue weighted by atomic mass is 10.3. The van der Waals surface area contributed by atoms with E-state index in [1.807, 2.05) is 11.9 Å². The van der Waals surface area contributed by atoms with Crippen molar-refractivity contribution < 1.29 is 4.79 Å². The zero-order valence-electron chi connectivity index (χ0n) is 12.5. The molecule has 2 aromatic heterocycles. The Morgan fingerprint density at radius 1 is 1.43 bits per heavy atom. The van der Waals surface area contributed by atoms with Crippen molar-refractivity contribution in [2.75, 3.05) is 31.6 Å². The van der Waals surface area contributed by atoms with E-state index in [2.05, 4.69) is 27.9 Å². The maximum Gasteiger partial charge on any atom is 0.222 e. The molecule has 0 aliphatic carbocycles. The summed E-state index contributed by atoms with van der Waals surface area (Å²) in [5, 5.41) is 1.12. The number of amides is 1. The topological polar surface area (TPSA) is 49.3 Å². The van der Waals surface area contributed by atoms with Crippen LogP contribution in [0.5, 0.6) is 0 Å². The zero-order chi connectivity index (χ0) is 14.8. The van der Waals surface area contributed by atoms with Gasteiger partial charge in [-0.1, -0.05) is 6.92 Å². The molecule has 1 amide bonds. The number of hydrogen-bond acceptors (Lipinski definition) is 5. The van der Waals surface area contributed by atoms with Crippen LogP contribution in [-0.4, -0.2) is 47.5 Å². The van der Waals surface area contributed by atoms with Crippen molar-refractivity contribution in [1.82, 2.24) is 14.9 Å². The number of fused-ring (bicyclic) bond motifs is 1. The molecule has 0 unspecified atom stereocenters. The first-order valence-electron chi connectivity index (χ1n) is 7.41. The fraction of sp³-hybridized carbons (Fsp3) is 0.533. The molecule has 2 aromatic rings. The van der Waals surface area contributed by atoms with Crippen molar-refractivity contribution >= 4 is 33.3 Å². The van der Waals surface area contributed by atoms with E-state index in [9.17, 15) is 4.79 Å². The molecule has 1 aliphatic heterocycles. The molecule has 1 fully saturated rings. The quantitative estimate of drug-likeness (QED) is 0.850. The first kappa shape index (κ1) is 14.3. The SMILES string of the molecule is CCc1cc2c(N(C)CCN3CCCC3=O)ncnc2s1. The normalized spacial score (nSPS) is 15.1. The van der Waals surface area contributed by atoms with Crippen LogP contribution in [0, 0.1) is 0 Å². The first-order chi connectivity index (χ1) is 10.2. The second-order valence-electron chi connectivity index (χ2n) is 5.39. The molecule has 0 aromatic carbocycles. The summed E-state index contributed by atoms with van der Waals surface area (Å²) in [6.07, 6.45) is 4.34. The van der Waals surface area contributed by atoms with Gasteiger partial charge in [-0.15, -0.1) is 11.3 Å². The summed E-state index contributed by atoms with van der Waals surface area (Å²) >= 11 is 1.73. The average molecular weight is 304 g/mol. The van der Waals surface area contributed by atoms with Crippen LogP contribution in [0.3, 0.4) is 0 Å². The van der Waals surface area contributed by atoms with Crippen LogP contribution in [0.1, 0.15) is 24.6 Å². The standard InChI is InChI=1S/C15H20N4OS/c1-3-11-9-12-14(16-10-17-15(12)21-11)18(2)7-8-19-6-4-5-13(19)20/h9-10H,3-8H2,1-2H3. The summed E-state index contributed by atoms with van der Waals surface area (Å²) in [4.78, 5) is 26.9. The Balaban J connectivity index is 1.76. The summed E-state index contributed by atoms with van der Waals surface area (Å²) in [7, 11) is 2.03. The monoisotopic (exact) mass is 304 g/mol. The number of nitrogens with zero attached hydrogens (tertiary/aromatic N) is 4. The number of likely N-dealkylation sites (N-methyl/N-ethyl adjacent to an activating group) is 1. The maximum absolute atomic E-state index is 11.7. The molecule has 6 heteroatoms. The fourth-order valence-corrected chi connectivity index (χ4v) is 3.62. The van der Waals surface area contributed by atoms with E-state index < -0.39 is 0 Å². The predicted octanol–water partition coefficient (Wildman–Crippen LogP) is 2.31. The number of carbonyl (C=O) groups excluding carboxylic acids is 1. The van der Waals surface area contributed by atoms with Gasteiger partial charge in [-0.3, -0.25) is 4.79 Å². The number of aromatic nitrogens is 2. The molecule has 0 N–H and O–H groups in total. The van der Waals surface area contributed by atoms with E-state index in [0.717, 1.165) is 48.5 Å². The van der Waals surface area contributed by atoms with Gasteiger partial charge in [-0.2, -0.15) is 0 Å². The van der Waals surface area contributed by atoms with Crippen molar-refractivity contribution in [3.05, 3.63) is 17.3 Å². The fourth-order valence-electron chi connectivity index (χ4n) is 2.69. The van der Waals surface area contributed by atoms with Crippen molar-refractivity contribution in [2.24, 2.45) is 0 Å². The van der Waals surface area contributed by atoms with Crippen LogP contribution in [0.15, 0.2) is 12.4 Å². The van der Waals surface area contributed by atoms with Crippen LogP contribution in [0.2, 0.25) is 0 Å². The first-order valence-corrected chi connectivity index (χ1v) is 8.23. The molecule has 21 heavy (non-hydrogen) atoms. The predicted molar refractivity (Wildman–Crippen MR) is 85.9 cm³/mol. The van der Waals surface area contributed by atoms with E-state index in [-0.39, 0.29) is 5.91 Å². The number of hydrogen-bond donors (Lipinski definition) is 0. The lowest BCUT2D eigenvalue weighted by Crippen LogP contribution is -2.34. The molecular formula is C15H20N4OS. The van der Waals surface area contributed by atoms with Gasteiger partial charge < -0.3 is 9.80 Å². The Morgan fingerprint density at radius 2 is 2.29 bits per heavy atom. The highest BCUT2D eigenvalue weighted by molar-refractivity contribution is 7.18. The maximum atomic E-state index is 11.7. The molecule has 112 valence electrons. The number of thiophene rings is 1. The van der Waals surface area contributed by atoms with Crippen LogP contribution in [0.25, 0.3) is 10.2 Å². The number of rotatable bonds is 5. The third-order valence-corrected chi connectivity index (χ3v) is 5.13. The van der Waals surface area contributed by atoms with Gasteiger partial charge in [0.1, 0.15) is 17.0 Å². The number of aryl methyl sites for hydroxylation is 1. The van der Waals surface area contributed by atoms with Crippen molar-refractivity contribution in [3.63, 3.8) is 0 Å². The average Bonchev–Trinajstić information content (AvgIpc) is 3.09. The minimum atomic E-state index is 0.278. The van der Waals surface area contributed by atoms with Crippen LogP contribution in [0.4, 0.5) is 5.82 Å². The van der Waals surface area contributed by atoms with Gasteiger partial charge in [0, 0.05) is 38.0 Å². The zero-order valence-corrected chi connectivity index (χ0v) is 13.3. The van der Waals surface area contributed by atoms with Crippen molar-refractivity contribution in [1.29, 1.82) is 0 Å². The smallest absolute Gasteiger partial charge is 0.222 e. The summed E-state index contributed by atoms with van der Waals surface area (Å²) < 4.78 is 0. The Morgan fingerprint density at radius 3 is 3.00 bits per heavy atom. The highest BCUT2D eigenvalue weighted by atomic mass is 32.1. The summed E-state index contributed by atoms with van der Waals surface area (Å²) in [5.74, 6) is 1.24. The second kappa shape index (κ2) is 5.97. The Bertz CT molecular complexity index is 654. The van der Waals surface area contributed by atoms with E-state index in [0.29, 0.717) is 6.42 Å². The van der Waals surface area contributed by atoms with Gasteiger partial charge in [0.05, 0.1) is 5.39 Å². The summed E-state index contributed by atoms with van der Waals surface area (Å²) in [6.45, 7) is 4.62. The molecule has 0 saturated carbocycles. The van der Waals surface area contributed by atoms with E-state index >= 15 is 0 Å². The molecule has 3 rings (SSSR count). The molecule has 3 heterocycles. The third kappa shape index (κ3) is 2.85. The van der Waals surface area contributed by atoms with Gasteiger partial charge in [0.15, 0.2) is 0 Å². The molecule has 0 radical (unpaired) electrons. The Hall–Kier alpha value is -1.69. The van der Waals surface area contributed by atoms with E-state index in [1.54, 1.807) is 17.7 Å². The van der Waals surface area contributed by atoms with Gasteiger partial charge >= 0.3 is 0 Å². The Kier molecular flexibility index (Phi) is 4.05. The van der Waals surface area contributed by atoms with Crippen LogP contribution >= 0.6 is 11.3 Å². The molecule has 0 bridgehead atoms. The number of likely N-dealkylation sites (tertiary alicyclic amines) is 1. The van der Waals surface area contributed by atoms with Gasteiger partial charge in [-0.25, -0.2) is 9.97 Å². The van der Waals surface area contributed by atoms with Crippen molar-refractivity contribution in [3.8, 4) is 0 Å². The van der Waals surface area contributed by atoms with E-state index in [1.165, 1.54) is 4.88 Å². The summed E-state index contributed by atoms with van der Waals surface area (Å²) in [6, 6.07) is 2.19. The van der Waals surface area contributed by atoms with Gasteiger partial charge in [0.25, 0.3) is 0 Å². The highest BCUT2D eigenvalue weighted by Gasteiger charge is 2.20. The number of anilines is 1. The molecule has 5 nitrogen and oxygen atoms in total. The highest BCUT2D eigenvalue weighted by Crippen LogP contribution is 2.29. The lowest BCUT2D eigenvalue weighted by Gasteiger charge is -2.22. The third-order valence-electron chi connectivity index (χ3n) is 3.95. The minimum Gasteiger partial charge on any atom is -0.357 e. The van der Waals surface area contributed by atoms with Gasteiger partial charge in [0.2, 0.25) is 5.91 Å². The van der Waals surface area contributed by atoms with Crippen LogP contribution < -0.4 is 4.90 Å². The Labute approximate surface area is 128 Å². The molecule has 0 spiro atoms. The lowest BCUT2D eigenvalue weighted by molar-refractivity contribution is -0.127. The van der Waals surface area contributed by atoms with Gasteiger partial charge in [-0.05, 0) is 18.9 Å². The molecule has 0 atom stereocenters. The minimum absolute atomic E-state index is 0.278. The number of carbonyl (C=O) groups is 1. The molecule has 1 saturated heterocycles.